The fourth-order valence-corrected chi connectivity index (χ4v) is 1.97. The van der Waals surface area contributed by atoms with E-state index in [9.17, 15) is 4.79 Å². The van der Waals surface area contributed by atoms with Crippen molar-refractivity contribution in [2.24, 2.45) is 0 Å². The van der Waals surface area contributed by atoms with E-state index in [1.807, 2.05) is 12.1 Å². The van der Waals surface area contributed by atoms with Gasteiger partial charge in [-0.15, -0.1) is 0 Å². The number of rotatable bonds is 4. The predicted octanol–water partition coefficient (Wildman–Crippen LogP) is 2.74. The second kappa shape index (κ2) is 6.14. The first-order valence-electron chi connectivity index (χ1n) is 6.95. The van der Waals surface area contributed by atoms with Crippen molar-refractivity contribution in [1.82, 2.24) is 4.98 Å². The van der Waals surface area contributed by atoms with E-state index < -0.39 is 0 Å². The van der Waals surface area contributed by atoms with Crippen molar-refractivity contribution >= 4 is 0 Å². The minimum absolute atomic E-state index is 0.122. The number of ether oxygens (including phenoxy) is 1. The summed E-state index contributed by atoms with van der Waals surface area (Å²) >= 11 is 0. The number of pyridine rings is 1. The third kappa shape index (κ3) is 3.95. The van der Waals surface area contributed by atoms with Crippen LogP contribution in [-0.4, -0.2) is 10.1 Å². The summed E-state index contributed by atoms with van der Waals surface area (Å²) in [5.41, 5.74) is 2.63. The quantitative estimate of drug-likeness (QED) is 0.909. The average Bonchev–Trinajstić information content (AvgIpc) is 2.45. The molecule has 2 rings (SSSR count). The molecular formula is C17H21NO3. The van der Waals surface area contributed by atoms with Crippen molar-refractivity contribution in [3.63, 3.8) is 0 Å². The maximum Gasteiger partial charge on any atom is 0.223 e. The molecule has 4 nitrogen and oxygen atoms in total. The van der Waals surface area contributed by atoms with Crippen molar-refractivity contribution in [2.75, 3.05) is 0 Å². The van der Waals surface area contributed by atoms with Crippen LogP contribution in [0.15, 0.2) is 41.3 Å². The number of aliphatic hydroxyl groups is 1. The summed E-state index contributed by atoms with van der Waals surface area (Å²) in [5.74, 6) is 0.257. The lowest BCUT2D eigenvalue weighted by Crippen LogP contribution is -2.11. The monoisotopic (exact) mass is 287 g/mol. The maximum atomic E-state index is 11.7. The van der Waals surface area contributed by atoms with Crippen molar-refractivity contribution in [3.05, 3.63) is 63.6 Å². The van der Waals surface area contributed by atoms with Gasteiger partial charge in [0.1, 0.15) is 6.61 Å². The lowest BCUT2D eigenvalue weighted by atomic mass is 9.87. The molecule has 2 N–H and O–H groups in total. The van der Waals surface area contributed by atoms with Gasteiger partial charge in [-0.25, -0.2) is 0 Å². The first-order valence-corrected chi connectivity index (χ1v) is 6.95. The standard InChI is InChI=1S/C17H21NO3/c1-17(2,3)13-6-4-12(5-7-13)11-21-16-9-18-14(10-19)8-15(16)20/h4-9,19H,10-11H2,1-3H3,(H,18,20). The minimum Gasteiger partial charge on any atom is -0.483 e. The number of hydrogen-bond donors (Lipinski definition) is 2. The van der Waals surface area contributed by atoms with Crippen LogP contribution in [-0.2, 0) is 18.6 Å². The van der Waals surface area contributed by atoms with Crippen LogP contribution in [0.1, 0.15) is 37.6 Å². The van der Waals surface area contributed by atoms with Crippen molar-refractivity contribution in [1.29, 1.82) is 0 Å². The molecular weight excluding hydrogens is 266 g/mol. The van der Waals surface area contributed by atoms with Crippen LogP contribution in [0.4, 0.5) is 0 Å². The molecule has 0 saturated heterocycles. The number of benzene rings is 1. The average molecular weight is 287 g/mol. The lowest BCUT2D eigenvalue weighted by molar-refractivity contribution is 0.274. The molecule has 0 amide bonds. The smallest absolute Gasteiger partial charge is 0.223 e. The Morgan fingerprint density at radius 1 is 1.19 bits per heavy atom. The van der Waals surface area contributed by atoms with Gasteiger partial charge in [-0.3, -0.25) is 4.79 Å². The Kier molecular flexibility index (Phi) is 4.48. The van der Waals surface area contributed by atoms with Crippen LogP contribution in [0.5, 0.6) is 5.75 Å². The van der Waals surface area contributed by atoms with E-state index in [0.29, 0.717) is 12.3 Å². The molecule has 1 heterocycles. The number of aromatic nitrogens is 1. The van der Waals surface area contributed by atoms with Gasteiger partial charge in [0.05, 0.1) is 6.61 Å². The van der Waals surface area contributed by atoms with Gasteiger partial charge in [0.2, 0.25) is 5.43 Å². The highest BCUT2D eigenvalue weighted by molar-refractivity contribution is 5.28. The van der Waals surface area contributed by atoms with E-state index in [1.54, 1.807) is 0 Å². The summed E-state index contributed by atoms with van der Waals surface area (Å²) < 4.78 is 5.52. The van der Waals surface area contributed by atoms with Crippen LogP contribution in [0.3, 0.4) is 0 Å². The van der Waals surface area contributed by atoms with Crippen LogP contribution in [0.2, 0.25) is 0 Å². The van der Waals surface area contributed by atoms with Crippen LogP contribution in [0, 0.1) is 0 Å². The zero-order chi connectivity index (χ0) is 15.5. The molecule has 2 aromatic rings. The number of aromatic amines is 1. The fraction of sp³-hybridized carbons (Fsp3) is 0.353. The Labute approximate surface area is 124 Å². The Hall–Kier alpha value is -2.07. The van der Waals surface area contributed by atoms with Crippen molar-refractivity contribution in [2.45, 2.75) is 39.4 Å². The normalized spacial score (nSPS) is 11.4. The highest BCUT2D eigenvalue weighted by Crippen LogP contribution is 2.22. The molecule has 0 aliphatic carbocycles. The summed E-state index contributed by atoms with van der Waals surface area (Å²) in [6.45, 7) is 6.65. The third-order valence-corrected chi connectivity index (χ3v) is 3.32. The van der Waals surface area contributed by atoms with E-state index in [0.717, 1.165) is 5.56 Å². The lowest BCUT2D eigenvalue weighted by Gasteiger charge is -2.19. The number of hydrogen-bond acceptors (Lipinski definition) is 3. The molecule has 4 heteroatoms. The number of nitrogens with one attached hydrogen (secondary N) is 1. The number of H-pyrrole nitrogens is 1. The first-order chi connectivity index (χ1) is 9.90. The zero-order valence-electron chi connectivity index (χ0n) is 12.6. The molecule has 0 spiro atoms. The van der Waals surface area contributed by atoms with Crippen molar-refractivity contribution < 1.29 is 9.84 Å². The minimum atomic E-state index is -0.232. The molecule has 0 bridgehead atoms. The molecule has 1 aromatic heterocycles. The van der Waals surface area contributed by atoms with Crippen LogP contribution in [0.25, 0.3) is 0 Å². The van der Waals surface area contributed by atoms with E-state index in [4.69, 9.17) is 9.84 Å². The largest absolute Gasteiger partial charge is 0.483 e. The molecule has 112 valence electrons. The van der Waals surface area contributed by atoms with Gasteiger partial charge in [0.15, 0.2) is 5.75 Å². The molecule has 0 saturated carbocycles. The molecule has 0 fully saturated rings. The predicted molar refractivity (Wildman–Crippen MR) is 82.5 cm³/mol. The van der Waals surface area contributed by atoms with Crippen LogP contribution < -0.4 is 10.2 Å². The molecule has 0 aliphatic rings. The highest BCUT2D eigenvalue weighted by Gasteiger charge is 2.12. The summed E-state index contributed by atoms with van der Waals surface area (Å²) in [6.07, 6.45) is 1.48. The molecule has 0 unspecified atom stereocenters. The summed E-state index contributed by atoms with van der Waals surface area (Å²) in [6, 6.07) is 9.53. The van der Waals surface area contributed by atoms with Gasteiger partial charge in [-0.1, -0.05) is 45.0 Å². The third-order valence-electron chi connectivity index (χ3n) is 3.32. The Morgan fingerprint density at radius 2 is 1.86 bits per heavy atom. The summed E-state index contributed by atoms with van der Waals surface area (Å²) in [7, 11) is 0. The van der Waals surface area contributed by atoms with E-state index >= 15 is 0 Å². The van der Waals surface area contributed by atoms with E-state index in [1.165, 1.54) is 17.8 Å². The zero-order valence-corrected chi connectivity index (χ0v) is 12.6. The maximum absolute atomic E-state index is 11.7. The van der Waals surface area contributed by atoms with Crippen LogP contribution >= 0.6 is 0 Å². The molecule has 21 heavy (non-hydrogen) atoms. The van der Waals surface area contributed by atoms with Gasteiger partial charge < -0.3 is 14.8 Å². The Morgan fingerprint density at radius 3 is 2.38 bits per heavy atom. The highest BCUT2D eigenvalue weighted by atomic mass is 16.5. The van der Waals surface area contributed by atoms with Gasteiger partial charge in [0, 0.05) is 18.0 Å². The first kappa shape index (κ1) is 15.3. The van der Waals surface area contributed by atoms with E-state index in [-0.39, 0.29) is 23.2 Å². The molecule has 0 radical (unpaired) electrons. The second-order valence-electron chi connectivity index (χ2n) is 6.08. The summed E-state index contributed by atoms with van der Waals surface area (Å²) in [5, 5.41) is 8.94. The summed E-state index contributed by atoms with van der Waals surface area (Å²) in [4.78, 5) is 14.6. The Balaban J connectivity index is 2.05. The van der Waals surface area contributed by atoms with Gasteiger partial charge in [-0.2, -0.15) is 0 Å². The molecule has 0 aliphatic heterocycles. The van der Waals surface area contributed by atoms with E-state index in [2.05, 4.69) is 37.9 Å². The Bertz CT molecular complexity index is 651. The molecule has 0 atom stereocenters. The SMILES string of the molecule is CC(C)(C)c1ccc(COc2c[nH]c(CO)cc2=O)cc1. The van der Waals surface area contributed by atoms with Gasteiger partial charge in [-0.05, 0) is 16.5 Å². The van der Waals surface area contributed by atoms with Gasteiger partial charge in [0.25, 0.3) is 0 Å². The van der Waals surface area contributed by atoms with Gasteiger partial charge >= 0.3 is 0 Å². The number of aliphatic hydroxyl groups excluding tert-OH is 1. The van der Waals surface area contributed by atoms with Crippen molar-refractivity contribution in [3.8, 4) is 5.75 Å². The second-order valence-corrected chi connectivity index (χ2v) is 6.08. The fourth-order valence-electron chi connectivity index (χ4n) is 1.97. The molecule has 1 aromatic carbocycles. The topological polar surface area (TPSA) is 62.3 Å².